The summed E-state index contributed by atoms with van der Waals surface area (Å²) in [5.41, 5.74) is 0.465. The molecule has 1 aromatic rings. The molecule has 0 aromatic carbocycles. The fourth-order valence-corrected chi connectivity index (χ4v) is 5.55. The Kier molecular flexibility index (Phi) is 3.58. The Morgan fingerprint density at radius 1 is 1.50 bits per heavy atom. The molecule has 0 amide bonds. The highest BCUT2D eigenvalue weighted by molar-refractivity contribution is 8.04. The van der Waals surface area contributed by atoms with E-state index >= 15 is 0 Å². The SMILES string of the molecule is COCCC1(C)Sc2sc(S(N)(=O)=O)cc2C1=O. The zero-order valence-electron chi connectivity index (χ0n) is 9.93. The molecule has 0 saturated carbocycles. The topological polar surface area (TPSA) is 86.5 Å². The van der Waals surface area contributed by atoms with Gasteiger partial charge in [-0.05, 0) is 19.4 Å². The molecule has 0 aliphatic carbocycles. The summed E-state index contributed by atoms with van der Waals surface area (Å²) >= 11 is 2.45. The second-order valence-corrected chi connectivity index (χ2v) is 8.83. The smallest absolute Gasteiger partial charge is 0.247 e. The van der Waals surface area contributed by atoms with Crippen LogP contribution in [0.4, 0.5) is 0 Å². The van der Waals surface area contributed by atoms with Gasteiger partial charge in [0.15, 0.2) is 5.78 Å². The van der Waals surface area contributed by atoms with Crippen molar-refractivity contribution < 1.29 is 17.9 Å². The molecule has 0 spiro atoms. The van der Waals surface area contributed by atoms with Crippen molar-refractivity contribution in [1.82, 2.24) is 0 Å². The number of rotatable bonds is 4. The Bertz CT molecular complexity index is 592. The summed E-state index contributed by atoms with van der Waals surface area (Å²) in [5.74, 6) is -0.0503. The van der Waals surface area contributed by atoms with Crippen LogP contribution in [0.3, 0.4) is 0 Å². The predicted molar refractivity (Wildman–Crippen MR) is 70.8 cm³/mol. The quantitative estimate of drug-likeness (QED) is 0.910. The fourth-order valence-electron chi connectivity index (χ4n) is 1.72. The average Bonchev–Trinajstić information content (AvgIpc) is 2.76. The molecular formula is C10H13NO4S3. The molecule has 8 heteroatoms. The fraction of sp³-hybridized carbons (Fsp3) is 0.500. The molecule has 0 saturated heterocycles. The summed E-state index contributed by atoms with van der Waals surface area (Å²) in [5, 5.41) is 5.05. The zero-order chi connectivity index (χ0) is 13.6. The van der Waals surface area contributed by atoms with Crippen LogP contribution in [0.15, 0.2) is 14.5 Å². The first-order valence-electron chi connectivity index (χ1n) is 5.17. The first-order chi connectivity index (χ1) is 8.28. The normalized spacial score (nSPS) is 23.4. The van der Waals surface area contributed by atoms with Crippen LogP contribution in [0.5, 0.6) is 0 Å². The lowest BCUT2D eigenvalue weighted by Gasteiger charge is -2.20. The number of nitrogens with two attached hydrogens (primary N) is 1. The summed E-state index contributed by atoms with van der Waals surface area (Å²) in [4.78, 5) is 12.3. The van der Waals surface area contributed by atoms with E-state index < -0.39 is 14.8 Å². The molecule has 0 radical (unpaired) electrons. The van der Waals surface area contributed by atoms with Crippen molar-refractivity contribution in [1.29, 1.82) is 0 Å². The third kappa shape index (κ3) is 2.35. The largest absolute Gasteiger partial charge is 0.385 e. The lowest BCUT2D eigenvalue weighted by atomic mass is 9.98. The van der Waals surface area contributed by atoms with E-state index in [0.717, 1.165) is 15.5 Å². The standard InChI is InChI=1S/C10H13NO4S3/c1-10(3-4-15-2)8(12)6-5-7(18(11,13)14)16-9(6)17-10/h5H,3-4H2,1-2H3,(H2,11,13,14). The minimum atomic E-state index is -3.73. The van der Waals surface area contributed by atoms with E-state index in [4.69, 9.17) is 9.88 Å². The molecule has 100 valence electrons. The third-order valence-electron chi connectivity index (χ3n) is 2.78. The first kappa shape index (κ1) is 14.0. The van der Waals surface area contributed by atoms with Crippen LogP contribution in [0.1, 0.15) is 23.7 Å². The van der Waals surface area contributed by atoms with Crippen LogP contribution < -0.4 is 5.14 Å². The van der Waals surface area contributed by atoms with Crippen LogP contribution in [-0.4, -0.2) is 32.7 Å². The summed E-state index contributed by atoms with van der Waals surface area (Å²) in [6.07, 6.45) is 0.596. The number of sulfonamides is 1. The monoisotopic (exact) mass is 307 g/mol. The van der Waals surface area contributed by atoms with Gasteiger partial charge in [-0.3, -0.25) is 4.79 Å². The Morgan fingerprint density at radius 2 is 2.17 bits per heavy atom. The summed E-state index contributed by atoms with van der Waals surface area (Å²) in [6, 6.07) is 1.38. The highest BCUT2D eigenvalue weighted by Crippen LogP contribution is 2.51. The molecule has 1 atom stereocenters. The molecule has 2 heterocycles. The molecule has 0 bridgehead atoms. The van der Waals surface area contributed by atoms with E-state index in [2.05, 4.69) is 0 Å². The van der Waals surface area contributed by atoms with Gasteiger partial charge in [0.1, 0.15) is 4.21 Å². The van der Waals surface area contributed by atoms with Gasteiger partial charge in [-0.2, -0.15) is 0 Å². The maximum absolute atomic E-state index is 12.3. The second kappa shape index (κ2) is 4.61. The number of ether oxygens (including phenoxy) is 1. The number of primary sulfonamides is 1. The Hall–Kier alpha value is -0.410. The van der Waals surface area contributed by atoms with Crippen molar-refractivity contribution in [2.24, 2.45) is 5.14 Å². The van der Waals surface area contributed by atoms with Crippen LogP contribution in [0.2, 0.25) is 0 Å². The third-order valence-corrected chi connectivity index (χ3v) is 6.88. The van der Waals surface area contributed by atoms with E-state index in [1.54, 1.807) is 7.11 Å². The van der Waals surface area contributed by atoms with Crippen molar-refractivity contribution in [2.75, 3.05) is 13.7 Å². The molecule has 1 aliphatic rings. The van der Waals surface area contributed by atoms with Gasteiger partial charge in [0.25, 0.3) is 0 Å². The van der Waals surface area contributed by atoms with Gasteiger partial charge in [-0.15, -0.1) is 11.3 Å². The Balaban J connectivity index is 2.32. The first-order valence-corrected chi connectivity index (χ1v) is 8.35. The minimum Gasteiger partial charge on any atom is -0.385 e. The Morgan fingerprint density at radius 3 is 2.67 bits per heavy atom. The van der Waals surface area contributed by atoms with Gasteiger partial charge in [0.05, 0.1) is 8.96 Å². The van der Waals surface area contributed by atoms with E-state index in [9.17, 15) is 13.2 Å². The summed E-state index contributed by atoms with van der Waals surface area (Å²) < 4.78 is 27.7. The van der Waals surface area contributed by atoms with Gasteiger partial charge in [0, 0.05) is 19.3 Å². The number of thiophene rings is 1. The van der Waals surface area contributed by atoms with Crippen LogP contribution in [0, 0.1) is 0 Å². The molecule has 1 unspecified atom stereocenters. The highest BCUT2D eigenvalue weighted by atomic mass is 32.3. The lowest BCUT2D eigenvalue weighted by molar-refractivity contribution is 0.0926. The second-order valence-electron chi connectivity index (χ2n) is 4.22. The van der Waals surface area contributed by atoms with Crippen molar-refractivity contribution in [2.45, 2.75) is 26.5 Å². The number of carbonyl (C=O) groups excluding carboxylic acids is 1. The van der Waals surface area contributed by atoms with E-state index in [0.29, 0.717) is 18.6 Å². The minimum absolute atomic E-state index is 0.0436. The average molecular weight is 307 g/mol. The highest BCUT2D eigenvalue weighted by Gasteiger charge is 2.44. The summed E-state index contributed by atoms with van der Waals surface area (Å²) in [7, 11) is -2.14. The van der Waals surface area contributed by atoms with Crippen LogP contribution in [0.25, 0.3) is 0 Å². The number of ketones is 1. The number of hydrogen-bond donors (Lipinski definition) is 1. The van der Waals surface area contributed by atoms with Gasteiger partial charge >= 0.3 is 0 Å². The maximum atomic E-state index is 12.3. The van der Waals surface area contributed by atoms with Crippen LogP contribution >= 0.6 is 23.1 Å². The van der Waals surface area contributed by atoms with E-state index in [1.807, 2.05) is 6.92 Å². The number of fused-ring (bicyclic) bond motifs is 1. The number of methoxy groups -OCH3 is 1. The number of Topliss-reactive ketones (excluding diaryl/α,β-unsaturated/α-hetero) is 1. The number of thioether (sulfide) groups is 1. The number of hydrogen-bond acceptors (Lipinski definition) is 6. The zero-order valence-corrected chi connectivity index (χ0v) is 12.4. The molecule has 2 N–H and O–H groups in total. The molecule has 5 nitrogen and oxygen atoms in total. The maximum Gasteiger partial charge on any atom is 0.247 e. The van der Waals surface area contributed by atoms with Gasteiger partial charge < -0.3 is 4.74 Å². The van der Waals surface area contributed by atoms with Gasteiger partial charge in [-0.1, -0.05) is 11.8 Å². The van der Waals surface area contributed by atoms with Crippen molar-refractivity contribution >= 4 is 38.9 Å². The van der Waals surface area contributed by atoms with E-state index in [-0.39, 0.29) is 9.99 Å². The molecule has 1 aromatic heterocycles. The molecular weight excluding hydrogens is 294 g/mol. The summed E-state index contributed by atoms with van der Waals surface area (Å²) in [6.45, 7) is 2.34. The van der Waals surface area contributed by atoms with E-state index in [1.165, 1.54) is 17.8 Å². The van der Waals surface area contributed by atoms with Crippen molar-refractivity contribution in [3.8, 4) is 0 Å². The molecule has 0 fully saturated rings. The molecule has 18 heavy (non-hydrogen) atoms. The number of carbonyl (C=O) groups is 1. The van der Waals surface area contributed by atoms with Gasteiger partial charge in [-0.25, -0.2) is 13.6 Å². The van der Waals surface area contributed by atoms with Crippen molar-refractivity contribution in [3.63, 3.8) is 0 Å². The van der Waals surface area contributed by atoms with Crippen LogP contribution in [-0.2, 0) is 14.8 Å². The van der Waals surface area contributed by atoms with Crippen molar-refractivity contribution in [3.05, 3.63) is 11.6 Å². The predicted octanol–water partition coefficient (Wildman–Crippen LogP) is 1.48. The van der Waals surface area contributed by atoms with Gasteiger partial charge in [0.2, 0.25) is 10.0 Å². The lowest BCUT2D eigenvalue weighted by Crippen LogP contribution is -2.28. The Labute approximate surface area is 114 Å². The molecule has 2 rings (SSSR count). The molecule has 1 aliphatic heterocycles.